The van der Waals surface area contributed by atoms with Crippen LogP contribution in [0.4, 0.5) is 4.79 Å². The lowest BCUT2D eigenvalue weighted by Crippen LogP contribution is -2.52. The molecule has 0 aromatic carbocycles. The van der Waals surface area contributed by atoms with Gasteiger partial charge in [-0.3, -0.25) is 0 Å². The Bertz CT molecular complexity index is 323. The number of nitrogens with zero attached hydrogens (tertiary/aromatic N) is 2. The topological polar surface area (TPSA) is 57.7 Å². The highest BCUT2D eigenvalue weighted by molar-refractivity contribution is 7.91. The second-order valence-electron chi connectivity index (χ2n) is 3.83. The van der Waals surface area contributed by atoms with Gasteiger partial charge in [-0.2, -0.15) is 0 Å². The van der Waals surface area contributed by atoms with Crippen LogP contribution in [0.2, 0.25) is 0 Å². The van der Waals surface area contributed by atoms with Gasteiger partial charge in [-0.1, -0.05) is 0 Å². The van der Waals surface area contributed by atoms with E-state index >= 15 is 0 Å². The van der Waals surface area contributed by atoms with Crippen molar-refractivity contribution in [2.24, 2.45) is 0 Å². The fourth-order valence-corrected chi connectivity index (χ4v) is 3.10. The van der Waals surface area contributed by atoms with E-state index < -0.39 is 9.84 Å². The van der Waals surface area contributed by atoms with Gasteiger partial charge in [0.2, 0.25) is 0 Å². The fourth-order valence-electron chi connectivity index (χ4n) is 1.54. The van der Waals surface area contributed by atoms with Crippen molar-refractivity contribution < 1.29 is 13.2 Å². The molecule has 0 saturated carbocycles. The highest BCUT2D eigenvalue weighted by Crippen LogP contribution is 2.12. The van der Waals surface area contributed by atoms with E-state index in [4.69, 9.17) is 0 Å². The van der Waals surface area contributed by atoms with E-state index in [1.807, 2.05) is 0 Å². The molecule has 0 radical (unpaired) electrons. The molecule has 0 aliphatic carbocycles. The summed E-state index contributed by atoms with van der Waals surface area (Å²) >= 11 is 0. The molecule has 1 unspecified atom stereocenters. The molecule has 1 fully saturated rings. The maximum Gasteiger partial charge on any atom is 0.319 e. The molecule has 0 bridgehead atoms. The predicted octanol–water partition coefficient (Wildman–Crippen LogP) is -0.213. The van der Waals surface area contributed by atoms with Crippen molar-refractivity contribution in [1.82, 2.24) is 9.80 Å². The summed E-state index contributed by atoms with van der Waals surface area (Å²) in [4.78, 5) is 14.6. The van der Waals surface area contributed by atoms with E-state index in [0.29, 0.717) is 6.54 Å². The van der Waals surface area contributed by atoms with Gasteiger partial charge in [0.05, 0.1) is 11.5 Å². The molecular weight excluding hydrogens is 204 g/mol. The van der Waals surface area contributed by atoms with Crippen molar-refractivity contribution in [3.8, 4) is 0 Å². The van der Waals surface area contributed by atoms with Crippen LogP contribution in [0.1, 0.15) is 6.92 Å². The zero-order valence-corrected chi connectivity index (χ0v) is 9.54. The molecule has 1 aliphatic rings. The van der Waals surface area contributed by atoms with E-state index in [2.05, 4.69) is 0 Å². The molecule has 6 heteroatoms. The van der Waals surface area contributed by atoms with Crippen LogP contribution >= 0.6 is 0 Å². The summed E-state index contributed by atoms with van der Waals surface area (Å²) in [5, 5.41) is 0. The van der Waals surface area contributed by atoms with Crippen molar-refractivity contribution in [2.75, 3.05) is 32.1 Å². The SMILES string of the molecule is CC1CS(=O)(=O)CCN1C(=O)N(C)C. The number of carbonyl (C=O) groups excluding carboxylic acids is 1. The molecule has 5 nitrogen and oxygen atoms in total. The Balaban J connectivity index is 2.72. The number of hydrogen-bond acceptors (Lipinski definition) is 3. The molecule has 82 valence electrons. The van der Waals surface area contributed by atoms with Gasteiger partial charge in [0, 0.05) is 26.7 Å². The summed E-state index contributed by atoms with van der Waals surface area (Å²) in [6.45, 7) is 2.07. The minimum Gasteiger partial charge on any atom is -0.331 e. The van der Waals surface area contributed by atoms with Crippen molar-refractivity contribution in [1.29, 1.82) is 0 Å². The summed E-state index contributed by atoms with van der Waals surface area (Å²) < 4.78 is 22.5. The Morgan fingerprint density at radius 1 is 1.43 bits per heavy atom. The van der Waals surface area contributed by atoms with Gasteiger partial charge in [0.15, 0.2) is 9.84 Å². The van der Waals surface area contributed by atoms with E-state index in [1.165, 1.54) is 4.90 Å². The van der Waals surface area contributed by atoms with Gasteiger partial charge in [0.1, 0.15) is 0 Å². The van der Waals surface area contributed by atoms with Crippen LogP contribution in [0.5, 0.6) is 0 Å². The summed E-state index contributed by atoms with van der Waals surface area (Å²) in [6.07, 6.45) is 0. The average Bonchev–Trinajstić information content (AvgIpc) is 2.01. The predicted molar refractivity (Wildman–Crippen MR) is 53.9 cm³/mol. The first kappa shape index (κ1) is 11.3. The molecule has 2 amide bonds. The van der Waals surface area contributed by atoms with Gasteiger partial charge in [0.25, 0.3) is 0 Å². The Morgan fingerprint density at radius 2 is 2.00 bits per heavy atom. The number of urea groups is 1. The monoisotopic (exact) mass is 220 g/mol. The standard InChI is InChI=1S/C8H16N2O3S/c1-7-6-14(12,13)5-4-10(7)8(11)9(2)3/h7H,4-6H2,1-3H3. The molecule has 1 rings (SSSR count). The third-order valence-corrected chi connectivity index (χ3v) is 4.09. The maximum absolute atomic E-state index is 11.6. The van der Waals surface area contributed by atoms with Crippen LogP contribution < -0.4 is 0 Å². The second kappa shape index (κ2) is 3.76. The third kappa shape index (κ3) is 2.37. The lowest BCUT2D eigenvalue weighted by molar-refractivity contribution is 0.159. The summed E-state index contributed by atoms with van der Waals surface area (Å²) in [6, 6.07) is -0.337. The fraction of sp³-hybridized carbons (Fsp3) is 0.875. The smallest absolute Gasteiger partial charge is 0.319 e. The van der Waals surface area contributed by atoms with E-state index in [1.54, 1.807) is 25.9 Å². The normalized spacial score (nSPS) is 25.9. The lowest BCUT2D eigenvalue weighted by atomic mass is 10.3. The number of hydrogen-bond donors (Lipinski definition) is 0. The van der Waals surface area contributed by atoms with Gasteiger partial charge in [-0.25, -0.2) is 13.2 Å². The van der Waals surface area contributed by atoms with Crippen LogP contribution in [-0.4, -0.2) is 62.4 Å². The largest absolute Gasteiger partial charge is 0.331 e. The highest BCUT2D eigenvalue weighted by Gasteiger charge is 2.31. The van der Waals surface area contributed by atoms with Gasteiger partial charge >= 0.3 is 6.03 Å². The molecule has 0 aromatic heterocycles. The van der Waals surface area contributed by atoms with Crippen LogP contribution in [-0.2, 0) is 9.84 Å². The molecule has 0 N–H and O–H groups in total. The molecule has 0 aromatic rings. The van der Waals surface area contributed by atoms with Crippen LogP contribution in [0.3, 0.4) is 0 Å². The zero-order chi connectivity index (χ0) is 10.9. The Hall–Kier alpha value is -0.780. The quantitative estimate of drug-likeness (QED) is 0.567. The second-order valence-corrected chi connectivity index (χ2v) is 6.06. The van der Waals surface area contributed by atoms with E-state index in [-0.39, 0.29) is 23.6 Å². The van der Waals surface area contributed by atoms with Crippen LogP contribution in [0, 0.1) is 0 Å². The van der Waals surface area contributed by atoms with Crippen LogP contribution in [0.25, 0.3) is 0 Å². The first-order chi connectivity index (χ1) is 6.33. The summed E-state index contributed by atoms with van der Waals surface area (Å²) in [7, 11) is 0.393. The average molecular weight is 220 g/mol. The third-order valence-electron chi connectivity index (χ3n) is 2.30. The van der Waals surface area contributed by atoms with Crippen LogP contribution in [0.15, 0.2) is 0 Å². The minimum absolute atomic E-state index is 0.0760. The van der Waals surface area contributed by atoms with E-state index in [0.717, 1.165) is 0 Å². The van der Waals surface area contributed by atoms with Crippen molar-refractivity contribution in [2.45, 2.75) is 13.0 Å². The Labute approximate surface area is 84.6 Å². The van der Waals surface area contributed by atoms with E-state index in [9.17, 15) is 13.2 Å². The van der Waals surface area contributed by atoms with Gasteiger partial charge < -0.3 is 9.80 Å². The lowest BCUT2D eigenvalue weighted by Gasteiger charge is -2.34. The van der Waals surface area contributed by atoms with Crippen molar-refractivity contribution in [3.05, 3.63) is 0 Å². The first-order valence-corrected chi connectivity index (χ1v) is 6.34. The molecule has 1 aliphatic heterocycles. The number of sulfone groups is 1. The molecule has 14 heavy (non-hydrogen) atoms. The number of rotatable bonds is 0. The summed E-state index contributed by atoms with van der Waals surface area (Å²) in [5.74, 6) is 0.156. The van der Waals surface area contributed by atoms with Crippen molar-refractivity contribution >= 4 is 15.9 Å². The van der Waals surface area contributed by atoms with Gasteiger partial charge in [-0.05, 0) is 6.92 Å². The molecule has 1 saturated heterocycles. The molecule has 1 heterocycles. The minimum atomic E-state index is -2.94. The van der Waals surface area contributed by atoms with Gasteiger partial charge in [-0.15, -0.1) is 0 Å². The Morgan fingerprint density at radius 3 is 2.43 bits per heavy atom. The molecule has 0 spiro atoms. The number of amides is 2. The van der Waals surface area contributed by atoms with Crippen molar-refractivity contribution in [3.63, 3.8) is 0 Å². The Kier molecular flexibility index (Phi) is 3.04. The highest BCUT2D eigenvalue weighted by atomic mass is 32.2. The molecular formula is C8H16N2O3S. The number of carbonyl (C=O) groups is 1. The summed E-state index contributed by atoms with van der Waals surface area (Å²) in [5.41, 5.74) is 0. The zero-order valence-electron chi connectivity index (χ0n) is 8.73. The molecule has 1 atom stereocenters. The maximum atomic E-state index is 11.6. The first-order valence-electron chi connectivity index (χ1n) is 4.52.